The first-order valence-electron chi connectivity index (χ1n) is 20.5. The lowest BCUT2D eigenvalue weighted by Gasteiger charge is -2.10. The summed E-state index contributed by atoms with van der Waals surface area (Å²) in [6.45, 7) is 0. The summed E-state index contributed by atoms with van der Waals surface area (Å²) >= 11 is 1.73. The Morgan fingerprint density at radius 2 is 0.818 bits per heavy atom. The lowest BCUT2D eigenvalue weighted by molar-refractivity contribution is 1.07. The maximum absolute atomic E-state index is 8.76. The molecular weight excluding hydrogens is 687 g/mol. The van der Waals surface area contributed by atoms with E-state index in [0.717, 1.165) is 48.9 Å². The Bertz CT molecular complexity index is 3210. The summed E-state index contributed by atoms with van der Waals surface area (Å²) in [5, 5.41) is 2.15. The monoisotopic (exact) mass is 724 g/mol. The molecule has 2 aromatic heterocycles. The zero-order valence-corrected chi connectivity index (χ0v) is 30.2. The van der Waals surface area contributed by atoms with Crippen LogP contribution in [0.25, 0.3) is 98.8 Å². The van der Waals surface area contributed by atoms with Crippen LogP contribution in [-0.2, 0) is 0 Å². The second-order valence-corrected chi connectivity index (χ2v) is 14.3. The molecule has 0 unspecified atom stereocenters. The first-order chi connectivity index (χ1) is 29.3. The molecule has 10 rings (SSSR count). The molecule has 0 bridgehead atoms. The van der Waals surface area contributed by atoms with Crippen molar-refractivity contribution in [1.29, 1.82) is 0 Å². The molecule has 10 aromatic rings. The van der Waals surface area contributed by atoms with E-state index in [-0.39, 0.29) is 23.5 Å². The van der Waals surface area contributed by atoms with Crippen LogP contribution < -0.4 is 0 Å². The molecule has 2 heterocycles. The summed E-state index contributed by atoms with van der Waals surface area (Å²) in [4.78, 5) is 14.6. The highest BCUT2D eigenvalue weighted by Gasteiger charge is 2.16. The lowest BCUT2D eigenvalue weighted by atomic mass is 9.97. The van der Waals surface area contributed by atoms with Crippen molar-refractivity contribution in [3.63, 3.8) is 0 Å². The van der Waals surface area contributed by atoms with Gasteiger partial charge in [-0.25, -0.2) is 15.0 Å². The molecule has 4 heteroatoms. The van der Waals surface area contributed by atoms with Crippen LogP contribution in [0.1, 0.15) is 6.85 Å². The third-order valence-electron chi connectivity index (χ3n) is 9.86. The second-order valence-electron chi connectivity index (χ2n) is 13.3. The first kappa shape index (κ1) is 27.6. The first-order valence-corrected chi connectivity index (χ1v) is 18.8. The summed E-state index contributed by atoms with van der Waals surface area (Å²) in [5.41, 5.74) is 10.3. The van der Waals surface area contributed by atoms with Crippen LogP contribution in [0.4, 0.5) is 0 Å². The summed E-state index contributed by atoms with van der Waals surface area (Å²) in [6, 6.07) is 56.0. The zero-order valence-electron chi connectivity index (χ0n) is 34.4. The molecule has 3 nitrogen and oxygen atoms in total. The van der Waals surface area contributed by atoms with E-state index in [1.165, 1.54) is 15.8 Å². The molecule has 0 aliphatic rings. The third kappa shape index (κ3) is 6.39. The van der Waals surface area contributed by atoms with Crippen LogP contribution in [0.3, 0.4) is 0 Å². The Morgan fingerprint density at radius 3 is 1.45 bits per heavy atom. The number of nitrogens with zero attached hydrogens (tertiary/aromatic N) is 3. The van der Waals surface area contributed by atoms with Crippen LogP contribution >= 0.6 is 11.3 Å². The van der Waals surface area contributed by atoms with Gasteiger partial charge in [0.2, 0.25) is 0 Å². The fraction of sp³-hybridized carbons (Fsp3) is 0. The van der Waals surface area contributed by atoms with Gasteiger partial charge < -0.3 is 0 Å². The molecule has 0 fully saturated rings. The van der Waals surface area contributed by atoms with Crippen molar-refractivity contribution in [3.05, 3.63) is 200 Å². The van der Waals surface area contributed by atoms with E-state index in [4.69, 9.17) is 21.8 Å². The third-order valence-corrected chi connectivity index (χ3v) is 11.1. The van der Waals surface area contributed by atoms with Crippen molar-refractivity contribution >= 4 is 31.5 Å². The average molecular weight is 725 g/mol. The van der Waals surface area contributed by atoms with Crippen LogP contribution in [-0.4, -0.2) is 15.0 Å². The van der Waals surface area contributed by atoms with Crippen molar-refractivity contribution < 1.29 is 6.85 Å². The van der Waals surface area contributed by atoms with Crippen LogP contribution in [0, 0.1) is 0 Å². The van der Waals surface area contributed by atoms with Crippen LogP contribution in [0.2, 0.25) is 0 Å². The smallest absolute Gasteiger partial charge is 0.164 e. The van der Waals surface area contributed by atoms with Crippen molar-refractivity contribution in [2.75, 3.05) is 0 Å². The van der Waals surface area contributed by atoms with Gasteiger partial charge in [-0.1, -0.05) is 176 Å². The van der Waals surface area contributed by atoms with E-state index in [0.29, 0.717) is 22.8 Å². The Balaban J connectivity index is 1.06. The number of thiophene rings is 1. The summed E-state index contributed by atoms with van der Waals surface area (Å²) < 4.78 is 44.7. The number of benzene rings is 8. The van der Waals surface area contributed by atoms with Gasteiger partial charge in [-0.2, -0.15) is 0 Å². The van der Waals surface area contributed by atoms with Gasteiger partial charge in [0.05, 0.1) is 6.85 Å². The molecule has 55 heavy (non-hydrogen) atoms. The molecule has 258 valence electrons. The van der Waals surface area contributed by atoms with Gasteiger partial charge in [0.1, 0.15) is 0 Å². The van der Waals surface area contributed by atoms with Gasteiger partial charge in [0.25, 0.3) is 0 Å². The van der Waals surface area contributed by atoms with Gasteiger partial charge in [0, 0.05) is 36.9 Å². The number of rotatable bonds is 7. The topological polar surface area (TPSA) is 38.7 Å². The van der Waals surface area contributed by atoms with E-state index in [1.807, 2.05) is 66.7 Å². The Kier molecular flexibility index (Phi) is 7.06. The molecule has 0 atom stereocenters. The molecule has 8 aromatic carbocycles. The molecule has 0 N–H and O–H groups in total. The van der Waals surface area contributed by atoms with Gasteiger partial charge >= 0.3 is 0 Å². The summed E-state index contributed by atoms with van der Waals surface area (Å²) in [7, 11) is 0. The number of fused-ring (bicyclic) bond motifs is 3. The van der Waals surface area contributed by atoms with E-state index >= 15 is 0 Å². The Morgan fingerprint density at radius 1 is 0.345 bits per heavy atom. The molecule has 0 aliphatic carbocycles. The maximum atomic E-state index is 8.76. The van der Waals surface area contributed by atoms with Crippen molar-refractivity contribution in [2.24, 2.45) is 0 Å². The molecular formula is C51H33N3S. The quantitative estimate of drug-likeness (QED) is 0.164. The zero-order chi connectivity index (χ0) is 40.9. The minimum atomic E-state index is -0.474. The van der Waals surface area contributed by atoms with Crippen molar-refractivity contribution in [1.82, 2.24) is 15.0 Å². The van der Waals surface area contributed by atoms with Crippen LogP contribution in [0.5, 0.6) is 0 Å². The number of hydrogen-bond acceptors (Lipinski definition) is 4. The van der Waals surface area contributed by atoms with E-state index in [1.54, 1.807) is 11.3 Å². The van der Waals surface area contributed by atoms with E-state index in [2.05, 4.69) is 103 Å². The van der Waals surface area contributed by atoms with Crippen molar-refractivity contribution in [3.8, 4) is 78.7 Å². The minimum absolute atomic E-state index is 0.00487. The molecule has 0 amide bonds. The predicted molar refractivity (Wildman–Crippen MR) is 231 cm³/mol. The fourth-order valence-electron chi connectivity index (χ4n) is 7.07. The molecule has 0 radical (unpaired) electrons. The standard InChI is InChI=1S/C51H33N3S/c1-4-12-34(13-5-1)36-22-24-37(25-23-36)38-26-28-39(29-27-38)44-20-11-21-45-46-33-43(30-31-47(46)55-48(44)45)51-53-49(40-16-8-3-9-17-40)52-50(54-51)42-19-10-18-41(32-42)35-14-6-2-7-15-35/h1-33H/i3D,8D,9D,16D,17D. The van der Waals surface area contributed by atoms with Gasteiger partial charge in [-0.15, -0.1) is 11.3 Å². The largest absolute Gasteiger partial charge is 0.208 e. The SMILES string of the molecule is [2H]c1c([2H])c([2H])c(-c2nc(-c3cccc(-c4ccccc4)c3)nc(-c3ccc4sc5c(-c6ccc(-c7ccc(-c8ccccc8)cc7)cc6)cccc5c4c3)n2)c([2H])c1[2H]. The Labute approximate surface area is 331 Å². The summed E-state index contributed by atoms with van der Waals surface area (Å²) in [6.07, 6.45) is 0. The molecule has 0 spiro atoms. The minimum Gasteiger partial charge on any atom is -0.208 e. The van der Waals surface area contributed by atoms with Crippen LogP contribution in [0.15, 0.2) is 200 Å². The normalized spacial score (nSPS) is 12.5. The van der Waals surface area contributed by atoms with E-state index < -0.39 is 18.1 Å². The molecule has 0 saturated heterocycles. The average Bonchev–Trinajstić information content (AvgIpc) is 3.69. The van der Waals surface area contributed by atoms with Crippen molar-refractivity contribution in [2.45, 2.75) is 0 Å². The molecule has 0 aliphatic heterocycles. The highest BCUT2D eigenvalue weighted by atomic mass is 32.1. The van der Waals surface area contributed by atoms with Gasteiger partial charge in [0.15, 0.2) is 17.5 Å². The number of hydrogen-bond donors (Lipinski definition) is 0. The Hall–Kier alpha value is -7.01. The maximum Gasteiger partial charge on any atom is 0.164 e. The van der Waals surface area contributed by atoms with E-state index in [9.17, 15) is 0 Å². The second kappa shape index (κ2) is 14.1. The highest BCUT2D eigenvalue weighted by molar-refractivity contribution is 7.26. The summed E-state index contributed by atoms with van der Waals surface area (Å²) in [5.74, 6) is 0.662. The molecule has 0 saturated carbocycles. The predicted octanol–water partition coefficient (Wildman–Crippen LogP) is 13.9. The number of aromatic nitrogens is 3. The fourth-order valence-corrected chi connectivity index (χ4v) is 8.29. The lowest BCUT2D eigenvalue weighted by Crippen LogP contribution is -2.00. The van der Waals surface area contributed by atoms with Gasteiger partial charge in [-0.3, -0.25) is 0 Å². The van der Waals surface area contributed by atoms with Gasteiger partial charge in [-0.05, 0) is 68.8 Å². The highest BCUT2D eigenvalue weighted by Crippen LogP contribution is 2.42.